The van der Waals surface area contributed by atoms with Crippen molar-refractivity contribution in [2.45, 2.75) is 18.9 Å². The molecule has 0 aliphatic carbocycles. The maximum atomic E-state index is 13.2. The summed E-state index contributed by atoms with van der Waals surface area (Å²) in [5, 5.41) is 21.0. The fourth-order valence-corrected chi connectivity index (χ4v) is 3.31. The molecule has 3 rings (SSSR count). The average molecular weight is 491 g/mol. The van der Waals surface area contributed by atoms with E-state index in [1.165, 1.54) is 12.1 Å². The van der Waals surface area contributed by atoms with E-state index >= 15 is 0 Å². The van der Waals surface area contributed by atoms with Gasteiger partial charge in [-0.05, 0) is 37.1 Å². The third-order valence-corrected chi connectivity index (χ3v) is 5.10. The minimum absolute atomic E-state index is 0.0758. The number of carbonyl (C=O) groups is 3. The number of rotatable bonds is 12. The normalized spacial score (nSPS) is 11.2. The van der Waals surface area contributed by atoms with E-state index in [1.807, 2.05) is 0 Å². The predicted molar refractivity (Wildman–Crippen MR) is 131 cm³/mol. The Kier molecular flexibility index (Phi) is 9.22. The van der Waals surface area contributed by atoms with Crippen LogP contribution in [-0.4, -0.2) is 41.1 Å². The fraction of sp³-hybridized carbons (Fsp3) is 0.179. The maximum Gasteiger partial charge on any atom is 0.339 e. The highest BCUT2D eigenvalue weighted by Gasteiger charge is 2.29. The molecular formula is C28H26O8. The zero-order valence-electron chi connectivity index (χ0n) is 19.5. The van der Waals surface area contributed by atoms with Crippen LogP contribution in [0.15, 0.2) is 85.5 Å². The summed E-state index contributed by atoms with van der Waals surface area (Å²) in [6.07, 6.45) is 0.628. The van der Waals surface area contributed by atoms with Crippen molar-refractivity contribution in [1.82, 2.24) is 0 Å². The van der Waals surface area contributed by atoms with Crippen LogP contribution in [0.5, 0.6) is 17.2 Å². The van der Waals surface area contributed by atoms with Crippen molar-refractivity contribution in [2.24, 2.45) is 0 Å². The van der Waals surface area contributed by atoms with Crippen LogP contribution in [0, 0.1) is 0 Å². The first-order valence-electron chi connectivity index (χ1n) is 11.2. The van der Waals surface area contributed by atoms with E-state index in [4.69, 9.17) is 14.2 Å². The lowest BCUT2D eigenvalue weighted by atomic mass is 9.98. The van der Waals surface area contributed by atoms with Gasteiger partial charge in [0.15, 0.2) is 17.6 Å². The maximum absolute atomic E-state index is 13.2. The first-order valence-corrected chi connectivity index (χ1v) is 11.2. The lowest BCUT2D eigenvalue weighted by Gasteiger charge is -2.19. The summed E-state index contributed by atoms with van der Waals surface area (Å²) in [4.78, 5) is 37.0. The van der Waals surface area contributed by atoms with Crippen LogP contribution >= 0.6 is 0 Å². The molecule has 0 spiro atoms. The molecule has 1 unspecified atom stereocenters. The number of carbonyl (C=O) groups excluding carboxylic acids is 3. The summed E-state index contributed by atoms with van der Waals surface area (Å²) >= 11 is 0. The van der Waals surface area contributed by atoms with E-state index in [9.17, 15) is 24.6 Å². The number of phenolic OH excluding ortho intramolecular Hbond substituents is 2. The largest absolute Gasteiger partial charge is 0.504 e. The van der Waals surface area contributed by atoms with Crippen LogP contribution in [0.3, 0.4) is 0 Å². The molecule has 3 aromatic rings. The van der Waals surface area contributed by atoms with Gasteiger partial charge >= 0.3 is 11.9 Å². The first kappa shape index (κ1) is 26.0. The number of aromatic hydroxyl groups is 2. The Balaban J connectivity index is 1.77. The van der Waals surface area contributed by atoms with Crippen molar-refractivity contribution in [1.29, 1.82) is 0 Å². The summed E-state index contributed by atoms with van der Waals surface area (Å²) < 4.78 is 15.9. The van der Waals surface area contributed by atoms with Crippen molar-refractivity contribution in [3.05, 3.63) is 102 Å². The van der Waals surface area contributed by atoms with Crippen LogP contribution in [0.2, 0.25) is 0 Å². The standard InChI is InChI=1S/C28H26O8/c1-2-24(31)34-15-9-10-16-35-27-22(29)17-21(18-23(27)30)26(25(32)19-11-5-3-6-12-19)36-28(33)20-13-7-4-8-14-20/h2-8,11-14,17-18,26,29-30H,1,9-10,15-16H2. The van der Waals surface area contributed by atoms with Gasteiger partial charge in [-0.15, -0.1) is 0 Å². The van der Waals surface area contributed by atoms with Gasteiger partial charge in [-0.25, -0.2) is 9.59 Å². The molecule has 0 aliphatic heterocycles. The van der Waals surface area contributed by atoms with Crippen LogP contribution in [-0.2, 0) is 14.3 Å². The third kappa shape index (κ3) is 6.96. The Morgan fingerprint density at radius 3 is 1.97 bits per heavy atom. The number of esters is 2. The Labute approximate surface area is 208 Å². The van der Waals surface area contributed by atoms with Crippen LogP contribution in [0.1, 0.15) is 45.2 Å². The molecule has 1 atom stereocenters. The van der Waals surface area contributed by atoms with Crippen molar-refractivity contribution in [3.63, 3.8) is 0 Å². The molecular weight excluding hydrogens is 464 g/mol. The number of Topliss-reactive ketones (excluding diaryl/α,β-unsaturated/α-hetero) is 1. The van der Waals surface area contributed by atoms with Gasteiger partial charge in [-0.2, -0.15) is 0 Å². The van der Waals surface area contributed by atoms with Gasteiger partial charge < -0.3 is 24.4 Å². The molecule has 0 heterocycles. The quantitative estimate of drug-likeness (QED) is 0.161. The summed E-state index contributed by atoms with van der Waals surface area (Å²) in [5.74, 6) is -2.81. The summed E-state index contributed by atoms with van der Waals surface area (Å²) in [6.45, 7) is 3.62. The smallest absolute Gasteiger partial charge is 0.339 e. The van der Waals surface area contributed by atoms with Gasteiger partial charge in [0, 0.05) is 17.2 Å². The highest BCUT2D eigenvalue weighted by Crippen LogP contribution is 2.40. The minimum Gasteiger partial charge on any atom is -0.504 e. The van der Waals surface area contributed by atoms with E-state index < -0.39 is 35.3 Å². The number of phenols is 2. The average Bonchev–Trinajstić information content (AvgIpc) is 2.90. The Hall–Kier alpha value is -4.59. The third-order valence-electron chi connectivity index (χ3n) is 5.10. The lowest BCUT2D eigenvalue weighted by Crippen LogP contribution is -2.20. The number of hydrogen-bond acceptors (Lipinski definition) is 8. The fourth-order valence-electron chi connectivity index (χ4n) is 3.31. The first-order chi connectivity index (χ1) is 17.4. The molecule has 8 heteroatoms. The van der Waals surface area contributed by atoms with Crippen molar-refractivity contribution >= 4 is 17.7 Å². The van der Waals surface area contributed by atoms with Crippen molar-refractivity contribution in [2.75, 3.05) is 13.2 Å². The minimum atomic E-state index is -1.43. The lowest BCUT2D eigenvalue weighted by molar-refractivity contribution is -0.137. The molecule has 0 radical (unpaired) electrons. The van der Waals surface area contributed by atoms with Gasteiger partial charge in [-0.1, -0.05) is 55.1 Å². The Bertz CT molecular complexity index is 1180. The molecule has 8 nitrogen and oxygen atoms in total. The molecule has 0 amide bonds. The van der Waals surface area contributed by atoms with E-state index in [0.29, 0.717) is 18.4 Å². The molecule has 3 aromatic carbocycles. The van der Waals surface area contributed by atoms with Crippen LogP contribution in [0.25, 0.3) is 0 Å². The summed E-state index contributed by atoms with van der Waals surface area (Å²) in [5.41, 5.74) is 0.613. The molecule has 0 saturated carbocycles. The van der Waals surface area contributed by atoms with Crippen LogP contribution in [0.4, 0.5) is 0 Å². The van der Waals surface area contributed by atoms with E-state index in [1.54, 1.807) is 60.7 Å². The zero-order valence-corrected chi connectivity index (χ0v) is 19.5. The Morgan fingerprint density at radius 1 is 0.833 bits per heavy atom. The number of unbranched alkanes of at least 4 members (excludes halogenated alkanes) is 1. The summed E-state index contributed by atoms with van der Waals surface area (Å²) in [7, 11) is 0. The summed E-state index contributed by atoms with van der Waals surface area (Å²) in [6, 6.07) is 18.9. The number of hydrogen-bond donors (Lipinski definition) is 2. The second kappa shape index (κ2) is 12.8. The predicted octanol–water partition coefficient (Wildman–Crippen LogP) is 4.77. The number of ether oxygens (including phenoxy) is 3. The number of ketones is 1. The topological polar surface area (TPSA) is 119 Å². The van der Waals surface area contributed by atoms with E-state index in [2.05, 4.69) is 6.58 Å². The van der Waals surface area contributed by atoms with Crippen molar-refractivity contribution < 1.29 is 38.8 Å². The molecule has 2 N–H and O–H groups in total. The zero-order chi connectivity index (χ0) is 25.9. The van der Waals surface area contributed by atoms with Gasteiger partial charge in [-0.3, -0.25) is 4.79 Å². The van der Waals surface area contributed by atoms with Crippen LogP contribution < -0.4 is 4.74 Å². The van der Waals surface area contributed by atoms with E-state index in [-0.39, 0.29) is 30.1 Å². The highest BCUT2D eigenvalue weighted by atomic mass is 16.5. The SMILES string of the molecule is C=CC(=O)OCCCCOc1c(O)cc(C(OC(=O)c2ccccc2)C(=O)c2ccccc2)cc1O. The molecule has 186 valence electrons. The molecule has 0 fully saturated rings. The molecule has 0 aliphatic rings. The monoisotopic (exact) mass is 490 g/mol. The van der Waals surface area contributed by atoms with Gasteiger partial charge in [0.25, 0.3) is 0 Å². The molecule has 0 bridgehead atoms. The van der Waals surface area contributed by atoms with Gasteiger partial charge in [0.2, 0.25) is 11.5 Å². The van der Waals surface area contributed by atoms with Gasteiger partial charge in [0.05, 0.1) is 18.8 Å². The van der Waals surface area contributed by atoms with E-state index in [0.717, 1.165) is 6.08 Å². The molecule has 0 saturated heterocycles. The second-order valence-electron chi connectivity index (χ2n) is 7.70. The highest BCUT2D eigenvalue weighted by molar-refractivity contribution is 6.02. The number of benzene rings is 3. The van der Waals surface area contributed by atoms with Gasteiger partial charge in [0.1, 0.15) is 0 Å². The second-order valence-corrected chi connectivity index (χ2v) is 7.70. The molecule has 0 aromatic heterocycles. The Morgan fingerprint density at radius 2 is 1.39 bits per heavy atom. The van der Waals surface area contributed by atoms with Crippen molar-refractivity contribution in [3.8, 4) is 17.2 Å². The molecule has 36 heavy (non-hydrogen) atoms.